The van der Waals surface area contributed by atoms with E-state index in [0.717, 1.165) is 15.1 Å². The topological polar surface area (TPSA) is 3.24 Å². The molecule has 0 amide bonds. The van der Waals surface area contributed by atoms with Crippen molar-refractivity contribution in [1.29, 1.82) is 0 Å². The van der Waals surface area contributed by atoms with Crippen LogP contribution in [-0.4, -0.2) is 31.3 Å². The van der Waals surface area contributed by atoms with Gasteiger partial charge in [0.2, 0.25) is 0 Å². The molecule has 0 aromatic rings. The molecule has 0 heterocycles. The molecule has 0 aromatic heterocycles. The van der Waals surface area contributed by atoms with Crippen LogP contribution in [0.3, 0.4) is 0 Å². The fraction of sp³-hybridized carbons (Fsp3) is 0.667. The molecule has 0 saturated carbocycles. The quantitative estimate of drug-likeness (QED) is 0.521. The first kappa shape index (κ1) is 7.97. The molecule has 0 aliphatic rings. The van der Waals surface area contributed by atoms with E-state index in [4.69, 9.17) is 0 Å². The van der Waals surface area contributed by atoms with Gasteiger partial charge in [-0.1, -0.05) is 6.58 Å². The van der Waals surface area contributed by atoms with Gasteiger partial charge in [-0.25, -0.2) is 0 Å². The van der Waals surface area contributed by atoms with Crippen LogP contribution >= 0.6 is 8.58 Å². The van der Waals surface area contributed by atoms with Gasteiger partial charge < -0.3 is 4.90 Å². The minimum absolute atomic E-state index is 1.06. The Morgan fingerprint density at radius 2 is 2.38 bits per heavy atom. The Hall–Kier alpha value is -0.0300. The van der Waals surface area contributed by atoms with E-state index in [1.807, 2.05) is 13.2 Å². The molecule has 0 N–H and O–H groups in total. The third-order valence-electron chi connectivity index (χ3n) is 1.03. The minimum Gasteiger partial charge on any atom is -0.381 e. The lowest BCUT2D eigenvalue weighted by atomic mass is 10.6. The normalized spacial score (nSPS) is 10.2. The van der Waals surface area contributed by atoms with Crippen molar-refractivity contribution in [2.24, 2.45) is 0 Å². The van der Waals surface area contributed by atoms with Gasteiger partial charge in [-0.15, -0.1) is 8.58 Å². The summed E-state index contributed by atoms with van der Waals surface area (Å²) in [6, 6.07) is 0. The van der Waals surface area contributed by atoms with Crippen LogP contribution in [0.4, 0.5) is 0 Å². The van der Waals surface area contributed by atoms with Crippen molar-refractivity contribution in [3.05, 3.63) is 12.8 Å². The Morgan fingerprint density at radius 3 is 2.75 bits per heavy atom. The SMILES string of the molecule is C=CN(C)CCPC. The maximum atomic E-state index is 3.64. The third-order valence-corrected chi connectivity index (χ3v) is 1.75. The molecule has 8 heavy (non-hydrogen) atoms. The van der Waals surface area contributed by atoms with Crippen molar-refractivity contribution in [2.75, 3.05) is 26.4 Å². The van der Waals surface area contributed by atoms with E-state index in [9.17, 15) is 0 Å². The third kappa shape index (κ3) is 4.14. The largest absolute Gasteiger partial charge is 0.381 e. The maximum Gasteiger partial charge on any atom is 0.0205 e. The molecule has 2 heteroatoms. The number of rotatable bonds is 4. The predicted octanol–water partition coefficient (Wildman–Crippen LogP) is 1.37. The monoisotopic (exact) mass is 131 g/mol. The van der Waals surface area contributed by atoms with E-state index >= 15 is 0 Å². The van der Waals surface area contributed by atoms with Crippen LogP contribution in [0, 0.1) is 0 Å². The molecule has 0 bridgehead atoms. The van der Waals surface area contributed by atoms with Crippen molar-refractivity contribution >= 4 is 8.58 Å². The molecule has 48 valence electrons. The molecule has 0 radical (unpaired) electrons. The van der Waals surface area contributed by atoms with E-state index in [0.29, 0.717) is 0 Å². The number of hydrogen-bond donors (Lipinski definition) is 0. The lowest BCUT2D eigenvalue weighted by Gasteiger charge is -2.10. The summed E-state index contributed by atoms with van der Waals surface area (Å²) in [6.45, 7) is 7.01. The standard InChI is InChI=1S/C6H14NP/c1-4-7(2)5-6-8-3/h4,8H,1,5-6H2,2-3H3. The summed E-state index contributed by atoms with van der Waals surface area (Å²) < 4.78 is 0. The minimum atomic E-state index is 1.06. The summed E-state index contributed by atoms with van der Waals surface area (Å²) in [5.74, 6) is 0. The second-order valence-electron chi connectivity index (χ2n) is 1.77. The van der Waals surface area contributed by atoms with Crippen LogP contribution in [0.25, 0.3) is 0 Å². The van der Waals surface area contributed by atoms with Crippen molar-refractivity contribution in [3.8, 4) is 0 Å². The highest BCUT2D eigenvalue weighted by atomic mass is 31.1. The van der Waals surface area contributed by atoms with E-state index in [-0.39, 0.29) is 0 Å². The molecule has 0 spiro atoms. The fourth-order valence-corrected chi connectivity index (χ4v) is 0.956. The molecule has 1 nitrogen and oxygen atoms in total. The van der Waals surface area contributed by atoms with Gasteiger partial charge in [-0.2, -0.15) is 0 Å². The summed E-state index contributed by atoms with van der Waals surface area (Å²) >= 11 is 0. The zero-order valence-corrected chi connectivity index (χ0v) is 6.65. The molecule has 1 unspecified atom stereocenters. The first-order valence-corrected chi connectivity index (χ1v) is 4.49. The Bertz CT molecular complexity index is 63.5. The number of nitrogens with zero attached hydrogens (tertiary/aromatic N) is 1. The highest BCUT2D eigenvalue weighted by Gasteiger charge is 1.84. The van der Waals surface area contributed by atoms with Gasteiger partial charge in [0, 0.05) is 13.6 Å². The summed E-state index contributed by atoms with van der Waals surface area (Å²) in [6.07, 6.45) is 3.16. The smallest absolute Gasteiger partial charge is 0.0205 e. The lowest BCUT2D eigenvalue weighted by molar-refractivity contribution is 0.489. The highest BCUT2D eigenvalue weighted by Crippen LogP contribution is 2.00. The van der Waals surface area contributed by atoms with Crippen LogP contribution in [0.5, 0.6) is 0 Å². The second-order valence-corrected chi connectivity index (χ2v) is 2.97. The molecule has 0 aromatic carbocycles. The molecule has 1 atom stereocenters. The molecule has 0 aliphatic carbocycles. The summed E-state index contributed by atoms with van der Waals surface area (Å²) in [5.41, 5.74) is 0. The summed E-state index contributed by atoms with van der Waals surface area (Å²) in [7, 11) is 3.11. The molecule has 0 saturated heterocycles. The van der Waals surface area contributed by atoms with E-state index in [1.54, 1.807) is 0 Å². The van der Waals surface area contributed by atoms with Gasteiger partial charge in [-0.05, 0) is 19.0 Å². The van der Waals surface area contributed by atoms with Crippen LogP contribution < -0.4 is 0 Å². The fourth-order valence-electron chi connectivity index (χ4n) is 0.379. The zero-order chi connectivity index (χ0) is 6.41. The van der Waals surface area contributed by atoms with Gasteiger partial charge in [0.15, 0.2) is 0 Å². The van der Waals surface area contributed by atoms with Crippen molar-refractivity contribution in [2.45, 2.75) is 0 Å². The Balaban J connectivity index is 2.98. The van der Waals surface area contributed by atoms with Gasteiger partial charge in [0.1, 0.15) is 0 Å². The van der Waals surface area contributed by atoms with Crippen molar-refractivity contribution in [1.82, 2.24) is 4.90 Å². The van der Waals surface area contributed by atoms with Crippen LogP contribution in [0.1, 0.15) is 0 Å². The van der Waals surface area contributed by atoms with Gasteiger partial charge >= 0.3 is 0 Å². The number of hydrogen-bond acceptors (Lipinski definition) is 1. The van der Waals surface area contributed by atoms with Crippen LogP contribution in [-0.2, 0) is 0 Å². The van der Waals surface area contributed by atoms with Crippen LogP contribution in [0.15, 0.2) is 12.8 Å². The summed E-state index contributed by atoms with van der Waals surface area (Å²) in [4.78, 5) is 2.11. The van der Waals surface area contributed by atoms with Crippen molar-refractivity contribution in [3.63, 3.8) is 0 Å². The Kier molecular flexibility index (Phi) is 5.09. The molecule has 0 fully saturated rings. The van der Waals surface area contributed by atoms with E-state index in [2.05, 4.69) is 18.1 Å². The van der Waals surface area contributed by atoms with Crippen molar-refractivity contribution < 1.29 is 0 Å². The molecular formula is C6H14NP. The first-order valence-electron chi connectivity index (χ1n) is 2.78. The lowest BCUT2D eigenvalue weighted by Crippen LogP contribution is -2.12. The zero-order valence-electron chi connectivity index (χ0n) is 5.65. The van der Waals surface area contributed by atoms with E-state index in [1.165, 1.54) is 6.16 Å². The van der Waals surface area contributed by atoms with E-state index < -0.39 is 0 Å². The highest BCUT2D eigenvalue weighted by molar-refractivity contribution is 7.37. The van der Waals surface area contributed by atoms with Gasteiger partial charge in [0.25, 0.3) is 0 Å². The van der Waals surface area contributed by atoms with Gasteiger partial charge in [-0.3, -0.25) is 0 Å². The Labute approximate surface area is 53.5 Å². The summed E-state index contributed by atoms with van der Waals surface area (Å²) in [5, 5.41) is 0. The predicted molar refractivity (Wildman–Crippen MR) is 41.9 cm³/mol. The Morgan fingerprint density at radius 1 is 1.75 bits per heavy atom. The maximum absolute atomic E-state index is 3.64. The van der Waals surface area contributed by atoms with Gasteiger partial charge in [0.05, 0.1) is 0 Å². The average Bonchev–Trinajstić information content (AvgIpc) is 1.83. The first-order chi connectivity index (χ1) is 3.81. The molecular weight excluding hydrogens is 117 g/mol. The molecule has 0 rings (SSSR count). The van der Waals surface area contributed by atoms with Crippen LogP contribution in [0.2, 0.25) is 0 Å². The average molecular weight is 131 g/mol. The second kappa shape index (κ2) is 5.11. The molecule has 0 aliphatic heterocycles.